The van der Waals surface area contributed by atoms with Crippen molar-refractivity contribution in [3.05, 3.63) is 53.3 Å². The molecule has 25 heavy (non-hydrogen) atoms. The van der Waals surface area contributed by atoms with Crippen LogP contribution in [0.25, 0.3) is 0 Å². The number of alkyl halides is 3. The smallest absolute Gasteiger partial charge is 0.354 e. The minimum atomic E-state index is -4.56. The highest BCUT2D eigenvalue weighted by atomic mass is 19.4. The quantitative estimate of drug-likeness (QED) is 0.483. The molecule has 0 fully saturated rings. The second-order valence-electron chi connectivity index (χ2n) is 4.52. The first kappa shape index (κ1) is 21.8. The van der Waals surface area contributed by atoms with Crippen LogP contribution < -0.4 is 10.6 Å². The number of amides is 1. The molecule has 0 saturated heterocycles. The number of likely N-dealkylation sites (N-methyl/N-ethyl adjacent to an activating group) is 1. The summed E-state index contributed by atoms with van der Waals surface area (Å²) in [7, 11) is 1.32. The van der Waals surface area contributed by atoms with E-state index in [2.05, 4.69) is 23.5 Å². The summed E-state index contributed by atoms with van der Waals surface area (Å²) in [5.74, 6) is -0.696. The molecule has 132 valence electrons. The minimum Gasteiger partial charge on any atom is -0.354 e. The Hall–Kier alpha value is -3.19. The molecule has 0 aliphatic heterocycles. The molecule has 2 N–H and O–H groups in total. The first-order valence-electron chi connectivity index (χ1n) is 7.13. The highest BCUT2D eigenvalue weighted by Crippen LogP contribution is 2.28. The number of benzene rings is 1. The SMILES string of the molecule is C#C.CC/C=C(/C=C(\Nc1cccc(C#N)c1)C(=O)NC)C(F)(F)F. The van der Waals surface area contributed by atoms with Gasteiger partial charge in [0.25, 0.3) is 5.91 Å². The maximum absolute atomic E-state index is 13.0. The van der Waals surface area contributed by atoms with Crippen molar-refractivity contribution in [3.63, 3.8) is 0 Å². The zero-order chi connectivity index (χ0) is 19.5. The molecule has 7 heteroatoms. The first-order valence-corrected chi connectivity index (χ1v) is 7.13. The molecule has 0 aliphatic carbocycles. The number of hydrogen-bond acceptors (Lipinski definition) is 3. The molecule has 0 aromatic heterocycles. The number of carbonyl (C=O) groups excluding carboxylic acids is 1. The van der Waals surface area contributed by atoms with Gasteiger partial charge in [0.05, 0.1) is 17.2 Å². The van der Waals surface area contributed by atoms with Crippen LogP contribution in [0.2, 0.25) is 0 Å². The molecular weight excluding hydrogens is 331 g/mol. The van der Waals surface area contributed by atoms with E-state index < -0.39 is 17.7 Å². The van der Waals surface area contributed by atoms with Crippen LogP contribution in [0, 0.1) is 24.2 Å². The van der Waals surface area contributed by atoms with Crippen molar-refractivity contribution in [1.82, 2.24) is 5.32 Å². The summed E-state index contributed by atoms with van der Waals surface area (Å²) in [6, 6.07) is 8.02. The highest BCUT2D eigenvalue weighted by Gasteiger charge is 2.32. The van der Waals surface area contributed by atoms with Gasteiger partial charge >= 0.3 is 6.18 Å². The van der Waals surface area contributed by atoms with E-state index in [1.54, 1.807) is 25.1 Å². The molecule has 0 saturated carbocycles. The number of nitriles is 1. The predicted octanol–water partition coefficient (Wildman–Crippen LogP) is 3.75. The van der Waals surface area contributed by atoms with Gasteiger partial charge in [-0.2, -0.15) is 18.4 Å². The van der Waals surface area contributed by atoms with Gasteiger partial charge in [-0.15, -0.1) is 12.8 Å². The molecule has 4 nitrogen and oxygen atoms in total. The Balaban J connectivity index is 0.00000277. The lowest BCUT2D eigenvalue weighted by atomic mass is 10.1. The lowest BCUT2D eigenvalue weighted by molar-refractivity contribution is -0.116. The van der Waals surface area contributed by atoms with E-state index in [0.29, 0.717) is 11.3 Å². The fourth-order valence-corrected chi connectivity index (χ4v) is 1.75. The largest absolute Gasteiger partial charge is 0.416 e. The molecular formula is C18H18F3N3O. The molecule has 0 heterocycles. The fraction of sp³-hybridized carbons (Fsp3) is 0.222. The lowest BCUT2D eigenvalue weighted by Crippen LogP contribution is -2.25. The summed E-state index contributed by atoms with van der Waals surface area (Å²) in [6.07, 6.45) is 5.36. The van der Waals surface area contributed by atoms with Crippen molar-refractivity contribution >= 4 is 11.6 Å². The molecule has 0 bridgehead atoms. The third-order valence-electron chi connectivity index (χ3n) is 2.79. The van der Waals surface area contributed by atoms with Gasteiger partial charge in [-0.05, 0) is 30.7 Å². The Morgan fingerprint density at radius 1 is 1.36 bits per heavy atom. The van der Waals surface area contributed by atoms with Crippen molar-refractivity contribution in [2.75, 3.05) is 12.4 Å². The number of nitrogens with one attached hydrogen (secondary N) is 2. The molecule has 1 aromatic rings. The van der Waals surface area contributed by atoms with E-state index >= 15 is 0 Å². The van der Waals surface area contributed by atoms with Gasteiger partial charge in [-0.1, -0.05) is 19.1 Å². The molecule has 0 aliphatic rings. The van der Waals surface area contributed by atoms with Gasteiger partial charge in [-0.25, -0.2) is 0 Å². The lowest BCUT2D eigenvalue weighted by Gasteiger charge is -2.13. The first-order chi connectivity index (χ1) is 11.8. The van der Waals surface area contributed by atoms with Crippen LogP contribution >= 0.6 is 0 Å². The summed E-state index contributed by atoms with van der Waals surface area (Å²) >= 11 is 0. The van der Waals surface area contributed by atoms with Gasteiger partial charge in [0.1, 0.15) is 5.70 Å². The fourth-order valence-electron chi connectivity index (χ4n) is 1.75. The molecule has 0 spiro atoms. The number of terminal acetylenes is 1. The van der Waals surface area contributed by atoms with Crippen LogP contribution in [0.5, 0.6) is 0 Å². The van der Waals surface area contributed by atoms with Crippen LogP contribution in [0.3, 0.4) is 0 Å². The number of halogens is 3. The van der Waals surface area contributed by atoms with Crippen LogP contribution in [-0.2, 0) is 4.79 Å². The minimum absolute atomic E-state index is 0.177. The number of hydrogen-bond donors (Lipinski definition) is 2. The second-order valence-corrected chi connectivity index (χ2v) is 4.52. The van der Waals surface area contributed by atoms with Crippen molar-refractivity contribution in [2.24, 2.45) is 0 Å². The Morgan fingerprint density at radius 2 is 2.00 bits per heavy atom. The summed E-state index contributed by atoms with van der Waals surface area (Å²) in [5, 5.41) is 13.8. The van der Waals surface area contributed by atoms with E-state index in [9.17, 15) is 18.0 Å². The molecule has 1 rings (SSSR count). The third kappa shape index (κ3) is 7.28. The molecule has 1 amide bonds. The van der Waals surface area contributed by atoms with Crippen LogP contribution in [0.15, 0.2) is 47.7 Å². The Kier molecular flexibility index (Phi) is 9.21. The zero-order valence-electron chi connectivity index (χ0n) is 13.8. The normalized spacial score (nSPS) is 11.6. The Labute approximate surface area is 145 Å². The third-order valence-corrected chi connectivity index (χ3v) is 2.79. The molecule has 0 radical (unpaired) electrons. The van der Waals surface area contributed by atoms with Crippen molar-refractivity contribution in [1.29, 1.82) is 5.26 Å². The second kappa shape index (κ2) is 10.6. The summed E-state index contributed by atoms with van der Waals surface area (Å²) < 4.78 is 38.9. The van der Waals surface area contributed by atoms with Crippen LogP contribution in [0.1, 0.15) is 18.9 Å². The van der Waals surface area contributed by atoms with Gasteiger partial charge < -0.3 is 10.6 Å². The number of rotatable bonds is 5. The van der Waals surface area contributed by atoms with Crippen molar-refractivity contribution < 1.29 is 18.0 Å². The van der Waals surface area contributed by atoms with Gasteiger partial charge in [0, 0.05) is 12.7 Å². The van der Waals surface area contributed by atoms with E-state index in [1.807, 2.05) is 6.07 Å². The number of allylic oxidation sites excluding steroid dienone is 3. The average Bonchev–Trinajstić information content (AvgIpc) is 2.61. The van der Waals surface area contributed by atoms with Crippen LogP contribution in [-0.4, -0.2) is 19.1 Å². The molecule has 1 aromatic carbocycles. The monoisotopic (exact) mass is 349 g/mol. The maximum atomic E-state index is 13.0. The number of nitrogens with zero attached hydrogens (tertiary/aromatic N) is 1. The average molecular weight is 349 g/mol. The van der Waals surface area contributed by atoms with E-state index in [-0.39, 0.29) is 12.1 Å². The Morgan fingerprint density at radius 3 is 2.48 bits per heavy atom. The van der Waals surface area contributed by atoms with E-state index in [4.69, 9.17) is 5.26 Å². The van der Waals surface area contributed by atoms with Crippen LogP contribution in [0.4, 0.5) is 18.9 Å². The van der Waals surface area contributed by atoms with E-state index in [0.717, 1.165) is 12.2 Å². The summed E-state index contributed by atoms with van der Waals surface area (Å²) in [6.45, 7) is 1.57. The van der Waals surface area contributed by atoms with Gasteiger partial charge in [-0.3, -0.25) is 4.79 Å². The highest BCUT2D eigenvalue weighted by molar-refractivity contribution is 5.96. The van der Waals surface area contributed by atoms with E-state index in [1.165, 1.54) is 13.1 Å². The Bertz CT molecular complexity index is 710. The predicted molar refractivity (Wildman–Crippen MR) is 91.2 cm³/mol. The van der Waals surface area contributed by atoms with Crippen molar-refractivity contribution in [3.8, 4) is 18.9 Å². The van der Waals surface area contributed by atoms with Gasteiger partial charge in [0.15, 0.2) is 0 Å². The maximum Gasteiger partial charge on any atom is 0.416 e. The number of anilines is 1. The summed E-state index contributed by atoms with van der Waals surface area (Å²) in [5.41, 5.74) is -0.509. The van der Waals surface area contributed by atoms with Crippen molar-refractivity contribution in [2.45, 2.75) is 19.5 Å². The molecule has 0 atom stereocenters. The number of carbonyl (C=O) groups is 1. The summed E-state index contributed by atoms with van der Waals surface area (Å²) in [4.78, 5) is 11.8. The standard InChI is InChI=1S/C16H16F3N3O.C2H2/c1-3-5-12(16(17,18)19)9-14(15(23)21-2)22-13-7-4-6-11(8-13)10-20;1-2/h4-9,22H,3H2,1-2H3,(H,21,23);1-2H/b12-5-,14-9-;. The molecule has 0 unspecified atom stereocenters. The topological polar surface area (TPSA) is 64.9 Å². The van der Waals surface area contributed by atoms with Gasteiger partial charge in [0.2, 0.25) is 0 Å². The zero-order valence-corrected chi connectivity index (χ0v) is 13.8.